The summed E-state index contributed by atoms with van der Waals surface area (Å²) in [5.41, 5.74) is 3.41. The molecule has 1 N–H and O–H groups in total. The molecule has 0 radical (unpaired) electrons. The van der Waals surface area contributed by atoms with E-state index in [0.29, 0.717) is 26.4 Å². The van der Waals surface area contributed by atoms with Crippen LogP contribution in [0, 0.1) is 13.8 Å². The van der Waals surface area contributed by atoms with Gasteiger partial charge in [0.1, 0.15) is 10.6 Å². The summed E-state index contributed by atoms with van der Waals surface area (Å²) in [4.78, 5) is 28.9. The first-order valence-electron chi connectivity index (χ1n) is 9.60. The lowest BCUT2D eigenvalue weighted by molar-refractivity contribution is -0.120. The Kier molecular flexibility index (Phi) is 6.54. The lowest BCUT2D eigenvalue weighted by Crippen LogP contribution is -2.32. The first kappa shape index (κ1) is 22.7. The topological polar surface area (TPSA) is 49.4 Å². The van der Waals surface area contributed by atoms with E-state index in [1.165, 1.54) is 23.9 Å². The maximum absolute atomic E-state index is 13.4. The molecule has 0 bridgehead atoms. The Morgan fingerprint density at radius 2 is 1.41 bits per heavy atom. The van der Waals surface area contributed by atoms with Crippen LogP contribution in [0.15, 0.2) is 76.2 Å². The Balaban J connectivity index is 1.77. The highest BCUT2D eigenvalue weighted by atomic mass is 35.5. The van der Waals surface area contributed by atoms with Gasteiger partial charge in [-0.25, -0.2) is 4.90 Å². The van der Waals surface area contributed by atoms with Gasteiger partial charge in [0.25, 0.3) is 11.8 Å². The molecule has 3 aromatic carbocycles. The predicted octanol–water partition coefficient (Wildman–Crippen LogP) is 7.25. The number of halogens is 3. The summed E-state index contributed by atoms with van der Waals surface area (Å²) in [6.45, 7) is 4.00. The van der Waals surface area contributed by atoms with Gasteiger partial charge >= 0.3 is 0 Å². The number of amides is 2. The largest absolute Gasteiger partial charge is 0.350 e. The fourth-order valence-corrected chi connectivity index (χ4v) is 4.77. The van der Waals surface area contributed by atoms with E-state index in [9.17, 15) is 9.59 Å². The van der Waals surface area contributed by atoms with E-state index in [1.54, 1.807) is 30.3 Å². The highest BCUT2D eigenvalue weighted by molar-refractivity contribution is 8.04. The zero-order valence-electron chi connectivity index (χ0n) is 17.1. The molecule has 32 heavy (non-hydrogen) atoms. The number of carbonyl (C=O) groups is 2. The second-order valence-electron chi connectivity index (χ2n) is 7.26. The average molecular weight is 504 g/mol. The molecular weight excluding hydrogens is 487 g/mol. The molecule has 1 heterocycles. The lowest BCUT2D eigenvalue weighted by atomic mass is 10.1. The molecule has 0 saturated carbocycles. The summed E-state index contributed by atoms with van der Waals surface area (Å²) in [7, 11) is 0. The van der Waals surface area contributed by atoms with E-state index in [-0.39, 0.29) is 10.6 Å². The van der Waals surface area contributed by atoms with Crippen molar-refractivity contribution in [1.29, 1.82) is 0 Å². The Morgan fingerprint density at radius 1 is 0.750 bits per heavy atom. The average Bonchev–Trinajstić information content (AvgIpc) is 2.95. The van der Waals surface area contributed by atoms with Crippen molar-refractivity contribution < 1.29 is 9.59 Å². The second-order valence-corrected chi connectivity index (χ2v) is 9.65. The number of anilines is 2. The minimum Gasteiger partial charge on any atom is -0.350 e. The van der Waals surface area contributed by atoms with Gasteiger partial charge < -0.3 is 5.32 Å². The van der Waals surface area contributed by atoms with Crippen molar-refractivity contribution in [2.24, 2.45) is 0 Å². The molecule has 0 aliphatic carbocycles. The standard InChI is InChI=1S/C24H17Cl3N2O2S/c1-13-3-6-18(9-14(13)2)28-21-22(32-20-7-4-15(25)5-8-20)24(31)29(23(21)30)19-11-16(26)10-17(27)12-19/h3-12,28H,1-2H3. The molecule has 0 atom stereocenters. The molecule has 0 saturated heterocycles. The van der Waals surface area contributed by atoms with E-state index in [2.05, 4.69) is 5.32 Å². The molecule has 162 valence electrons. The number of aryl methyl sites for hydroxylation is 2. The molecule has 0 spiro atoms. The lowest BCUT2D eigenvalue weighted by Gasteiger charge is -2.16. The van der Waals surface area contributed by atoms with E-state index in [0.717, 1.165) is 20.9 Å². The smallest absolute Gasteiger partial charge is 0.283 e. The molecule has 4 rings (SSSR count). The molecule has 1 aliphatic heterocycles. The summed E-state index contributed by atoms with van der Waals surface area (Å²) in [5.74, 6) is -0.942. The number of hydrogen-bond donors (Lipinski definition) is 1. The Morgan fingerprint density at radius 3 is 2.03 bits per heavy atom. The van der Waals surface area contributed by atoms with Crippen molar-refractivity contribution in [1.82, 2.24) is 0 Å². The first-order chi connectivity index (χ1) is 15.2. The minimum absolute atomic E-state index is 0.189. The number of thioether (sulfide) groups is 1. The van der Waals surface area contributed by atoms with Gasteiger partial charge in [-0.1, -0.05) is 52.6 Å². The minimum atomic E-state index is -0.483. The highest BCUT2D eigenvalue weighted by Gasteiger charge is 2.40. The van der Waals surface area contributed by atoms with Crippen LogP contribution in [0.1, 0.15) is 11.1 Å². The summed E-state index contributed by atoms with van der Waals surface area (Å²) in [5, 5.41) is 4.40. The van der Waals surface area contributed by atoms with Crippen LogP contribution < -0.4 is 10.2 Å². The van der Waals surface area contributed by atoms with Crippen LogP contribution in [0.2, 0.25) is 15.1 Å². The van der Waals surface area contributed by atoms with E-state index >= 15 is 0 Å². The van der Waals surface area contributed by atoms with Gasteiger partial charge in [-0.15, -0.1) is 0 Å². The third-order valence-corrected chi connectivity index (χ3v) is 6.74. The highest BCUT2D eigenvalue weighted by Crippen LogP contribution is 2.39. The quantitative estimate of drug-likeness (QED) is 0.372. The van der Waals surface area contributed by atoms with Crippen LogP contribution >= 0.6 is 46.6 Å². The summed E-state index contributed by atoms with van der Waals surface area (Å²) >= 11 is 19.4. The molecule has 1 aliphatic rings. The summed E-state index contributed by atoms with van der Waals surface area (Å²) < 4.78 is 0. The fourth-order valence-electron chi connectivity index (χ4n) is 3.20. The Labute approximate surface area is 205 Å². The van der Waals surface area contributed by atoms with Crippen LogP contribution in [0.3, 0.4) is 0 Å². The number of carbonyl (C=O) groups excluding carboxylic acids is 2. The van der Waals surface area contributed by atoms with Crippen molar-refractivity contribution >= 4 is 69.8 Å². The van der Waals surface area contributed by atoms with Crippen LogP contribution in [0.4, 0.5) is 11.4 Å². The normalized spacial score (nSPS) is 13.8. The van der Waals surface area contributed by atoms with Gasteiger partial charge in [0.2, 0.25) is 0 Å². The summed E-state index contributed by atoms with van der Waals surface area (Å²) in [6.07, 6.45) is 0. The molecular formula is C24H17Cl3N2O2S. The Hall–Kier alpha value is -2.44. The van der Waals surface area contributed by atoms with E-state index < -0.39 is 11.8 Å². The van der Waals surface area contributed by atoms with Crippen LogP contribution in [0.25, 0.3) is 0 Å². The Bertz CT molecular complexity index is 1250. The SMILES string of the molecule is Cc1ccc(NC2=C(Sc3ccc(Cl)cc3)C(=O)N(c3cc(Cl)cc(Cl)c3)C2=O)cc1C. The molecule has 4 nitrogen and oxygen atoms in total. The summed E-state index contributed by atoms with van der Waals surface area (Å²) in [6, 6.07) is 17.4. The van der Waals surface area contributed by atoms with E-state index in [4.69, 9.17) is 34.8 Å². The second kappa shape index (κ2) is 9.20. The van der Waals surface area contributed by atoms with Crippen molar-refractivity contribution in [3.8, 4) is 0 Å². The van der Waals surface area contributed by atoms with Gasteiger partial charge in [0, 0.05) is 25.7 Å². The van der Waals surface area contributed by atoms with Crippen LogP contribution in [-0.2, 0) is 9.59 Å². The van der Waals surface area contributed by atoms with Crippen LogP contribution in [-0.4, -0.2) is 11.8 Å². The molecule has 3 aromatic rings. The monoisotopic (exact) mass is 502 g/mol. The number of nitrogens with one attached hydrogen (secondary N) is 1. The molecule has 0 fully saturated rings. The van der Waals surface area contributed by atoms with Gasteiger partial charge in [-0.2, -0.15) is 0 Å². The molecule has 2 amide bonds. The van der Waals surface area contributed by atoms with Gasteiger partial charge in [0.05, 0.1) is 5.69 Å². The maximum atomic E-state index is 13.4. The predicted molar refractivity (Wildman–Crippen MR) is 133 cm³/mol. The van der Waals surface area contributed by atoms with Crippen molar-refractivity contribution in [2.45, 2.75) is 18.7 Å². The van der Waals surface area contributed by atoms with E-state index in [1.807, 2.05) is 32.0 Å². The zero-order chi connectivity index (χ0) is 23.0. The van der Waals surface area contributed by atoms with Gasteiger partial charge in [0.15, 0.2) is 0 Å². The van der Waals surface area contributed by atoms with Crippen molar-refractivity contribution in [3.63, 3.8) is 0 Å². The molecule has 0 unspecified atom stereocenters. The third-order valence-electron chi connectivity index (χ3n) is 4.96. The van der Waals surface area contributed by atoms with Crippen molar-refractivity contribution in [3.05, 3.63) is 97.5 Å². The molecule has 8 heteroatoms. The first-order valence-corrected chi connectivity index (χ1v) is 11.5. The van der Waals surface area contributed by atoms with Gasteiger partial charge in [-0.05, 0) is 79.6 Å². The molecule has 0 aromatic heterocycles. The third kappa shape index (κ3) is 4.66. The number of nitrogens with zero attached hydrogens (tertiary/aromatic N) is 1. The maximum Gasteiger partial charge on any atom is 0.283 e. The fraction of sp³-hybridized carbons (Fsp3) is 0.0833. The number of rotatable bonds is 5. The van der Waals surface area contributed by atoms with Gasteiger partial charge in [-0.3, -0.25) is 9.59 Å². The van der Waals surface area contributed by atoms with Crippen LogP contribution in [0.5, 0.6) is 0 Å². The zero-order valence-corrected chi connectivity index (χ0v) is 20.2. The number of hydrogen-bond acceptors (Lipinski definition) is 4. The number of benzene rings is 3. The van der Waals surface area contributed by atoms with Crippen molar-refractivity contribution in [2.75, 3.05) is 10.2 Å². The number of imide groups is 1.